The lowest BCUT2D eigenvalue weighted by molar-refractivity contribution is -0.254. The highest BCUT2D eigenvalue weighted by Gasteiger charge is 2.67. The zero-order chi connectivity index (χ0) is 24.7. The van der Waals surface area contributed by atoms with Gasteiger partial charge in [-0.15, -0.1) is 0 Å². The molecule has 0 radical (unpaired) electrons. The molecule has 4 amide bonds. The maximum absolute atomic E-state index is 11.4. The van der Waals surface area contributed by atoms with Crippen LogP contribution in [-0.4, -0.2) is 99.4 Å². The summed E-state index contributed by atoms with van der Waals surface area (Å²) in [7, 11) is 0. The summed E-state index contributed by atoms with van der Waals surface area (Å²) in [5, 5.41) is 0. The van der Waals surface area contributed by atoms with Gasteiger partial charge >= 0.3 is 0 Å². The molecule has 3 aliphatic carbocycles. The van der Waals surface area contributed by atoms with Crippen LogP contribution in [0, 0.1) is 10.8 Å². The van der Waals surface area contributed by atoms with Gasteiger partial charge in [-0.05, 0) is 42.9 Å². The smallest absolute Gasteiger partial charge is 0.253 e. The van der Waals surface area contributed by atoms with Crippen LogP contribution >= 0.6 is 0 Å². The van der Waals surface area contributed by atoms with Crippen LogP contribution in [0.1, 0.15) is 32.1 Å². The Balaban J connectivity index is 0.914. The molecule has 10 heteroatoms. The second kappa shape index (κ2) is 11.6. The van der Waals surface area contributed by atoms with Crippen molar-refractivity contribution < 1.29 is 38.1 Å². The maximum atomic E-state index is 11.4. The highest BCUT2D eigenvalue weighted by Crippen LogP contribution is 2.73. The summed E-state index contributed by atoms with van der Waals surface area (Å²) in [6, 6.07) is 0. The van der Waals surface area contributed by atoms with Crippen molar-refractivity contribution in [2.24, 2.45) is 10.8 Å². The molecule has 0 spiro atoms. The van der Waals surface area contributed by atoms with Crippen LogP contribution in [0.4, 0.5) is 0 Å². The monoisotopic (exact) mass is 490 g/mol. The summed E-state index contributed by atoms with van der Waals surface area (Å²) >= 11 is 0. The SMILES string of the molecule is O=C1C=CC(=O)N1CCCOCCOCC12CC(COCCOCCCN3C(=O)C=CC3=O)(C1)C2. The van der Waals surface area contributed by atoms with Gasteiger partial charge in [-0.2, -0.15) is 0 Å². The molecule has 5 aliphatic rings. The van der Waals surface area contributed by atoms with E-state index in [0.717, 1.165) is 32.5 Å². The normalized spacial score (nSPS) is 26.7. The lowest BCUT2D eigenvalue weighted by Crippen LogP contribution is -2.65. The van der Waals surface area contributed by atoms with E-state index in [9.17, 15) is 19.2 Å². The Labute approximate surface area is 205 Å². The molecule has 3 fully saturated rings. The van der Waals surface area contributed by atoms with Crippen molar-refractivity contribution in [2.45, 2.75) is 32.1 Å². The number of ether oxygens (including phenoxy) is 4. The van der Waals surface area contributed by atoms with Crippen LogP contribution in [-0.2, 0) is 38.1 Å². The van der Waals surface area contributed by atoms with Crippen molar-refractivity contribution in [1.29, 1.82) is 0 Å². The van der Waals surface area contributed by atoms with Crippen molar-refractivity contribution in [1.82, 2.24) is 9.80 Å². The zero-order valence-electron chi connectivity index (χ0n) is 20.1. The van der Waals surface area contributed by atoms with E-state index in [1.807, 2.05) is 0 Å². The Morgan fingerprint density at radius 1 is 0.543 bits per heavy atom. The molecule has 0 unspecified atom stereocenters. The van der Waals surface area contributed by atoms with E-state index in [4.69, 9.17) is 18.9 Å². The van der Waals surface area contributed by atoms with Crippen LogP contribution in [0.3, 0.4) is 0 Å². The molecule has 35 heavy (non-hydrogen) atoms. The fourth-order valence-electron chi connectivity index (χ4n) is 5.51. The van der Waals surface area contributed by atoms with Gasteiger partial charge in [0.05, 0.1) is 39.6 Å². The van der Waals surface area contributed by atoms with E-state index < -0.39 is 0 Å². The zero-order valence-corrected chi connectivity index (χ0v) is 20.1. The van der Waals surface area contributed by atoms with Crippen molar-refractivity contribution in [2.75, 3.05) is 65.9 Å². The van der Waals surface area contributed by atoms with Crippen LogP contribution in [0.25, 0.3) is 0 Å². The van der Waals surface area contributed by atoms with E-state index in [1.165, 1.54) is 34.1 Å². The van der Waals surface area contributed by atoms with Gasteiger partial charge in [-0.3, -0.25) is 29.0 Å². The number of amides is 4. The van der Waals surface area contributed by atoms with Crippen LogP contribution in [0.15, 0.2) is 24.3 Å². The van der Waals surface area contributed by atoms with Crippen LogP contribution in [0.2, 0.25) is 0 Å². The number of carbonyl (C=O) groups is 4. The molecule has 10 nitrogen and oxygen atoms in total. The van der Waals surface area contributed by atoms with Crippen molar-refractivity contribution in [3.63, 3.8) is 0 Å². The third-order valence-electron chi connectivity index (χ3n) is 6.95. The molecule has 0 N–H and O–H groups in total. The lowest BCUT2D eigenvalue weighted by Gasteiger charge is -2.70. The minimum absolute atomic E-state index is 0.255. The van der Waals surface area contributed by atoms with Crippen molar-refractivity contribution >= 4 is 23.6 Å². The summed E-state index contributed by atoms with van der Waals surface area (Å²) in [4.78, 5) is 48.2. The van der Waals surface area contributed by atoms with E-state index >= 15 is 0 Å². The third-order valence-corrected chi connectivity index (χ3v) is 6.95. The number of hydrogen-bond acceptors (Lipinski definition) is 8. The average Bonchev–Trinajstić information content (AvgIpc) is 3.28. The minimum atomic E-state index is -0.255. The third kappa shape index (κ3) is 6.43. The molecule has 2 aliphatic heterocycles. The van der Waals surface area contributed by atoms with Crippen LogP contribution < -0.4 is 0 Å². The molecule has 0 aromatic carbocycles. The van der Waals surface area contributed by atoms with Crippen LogP contribution in [0.5, 0.6) is 0 Å². The van der Waals surface area contributed by atoms with E-state index in [1.54, 1.807) is 0 Å². The van der Waals surface area contributed by atoms with Gasteiger partial charge in [0.15, 0.2) is 0 Å². The highest BCUT2D eigenvalue weighted by atomic mass is 16.5. The first-order valence-electron chi connectivity index (χ1n) is 12.3. The van der Waals surface area contributed by atoms with Gasteiger partial charge < -0.3 is 18.9 Å². The fourth-order valence-corrected chi connectivity index (χ4v) is 5.51. The van der Waals surface area contributed by atoms with Gasteiger partial charge in [0, 0.05) is 50.6 Å². The molecule has 2 bridgehead atoms. The summed E-state index contributed by atoms with van der Waals surface area (Å²) < 4.78 is 22.7. The first kappa shape index (κ1) is 25.7. The molecule has 2 heterocycles. The van der Waals surface area contributed by atoms with Gasteiger partial charge in [0.1, 0.15) is 0 Å². The molecule has 3 saturated carbocycles. The highest BCUT2D eigenvalue weighted by molar-refractivity contribution is 6.13. The summed E-state index contributed by atoms with van der Waals surface area (Å²) in [6.07, 6.45) is 9.82. The lowest BCUT2D eigenvalue weighted by atomic mass is 9.35. The molecule has 0 atom stereocenters. The fraction of sp³-hybridized carbons (Fsp3) is 0.680. The molecule has 5 rings (SSSR count). The first-order chi connectivity index (χ1) is 16.9. The second-order valence-corrected chi connectivity index (χ2v) is 9.89. The molecular formula is C25H34N2O8. The van der Waals surface area contributed by atoms with E-state index in [0.29, 0.717) is 76.4 Å². The maximum Gasteiger partial charge on any atom is 0.253 e. The molecule has 0 saturated heterocycles. The average molecular weight is 491 g/mol. The predicted octanol–water partition coefficient (Wildman–Crippen LogP) is 0.853. The van der Waals surface area contributed by atoms with Gasteiger partial charge in [-0.1, -0.05) is 0 Å². The standard InChI is InChI=1S/C25H34N2O8/c28-20-3-4-21(29)26(20)7-1-9-32-11-13-34-18-24-15-25(16-24,17-24)19-35-14-12-33-10-2-8-27-22(30)5-6-23(27)31/h3-6H,1-2,7-19H2. The first-order valence-corrected chi connectivity index (χ1v) is 12.3. The molecule has 0 aromatic rings. The Hall–Kier alpha value is -2.40. The number of hydrogen-bond donors (Lipinski definition) is 0. The minimum Gasteiger partial charge on any atom is -0.379 e. The molecule has 0 aromatic heterocycles. The predicted molar refractivity (Wildman–Crippen MR) is 123 cm³/mol. The Morgan fingerprint density at radius 3 is 1.26 bits per heavy atom. The quantitative estimate of drug-likeness (QED) is 0.205. The van der Waals surface area contributed by atoms with Gasteiger partial charge in [0.2, 0.25) is 0 Å². The number of nitrogens with zero attached hydrogens (tertiary/aromatic N) is 2. The van der Waals surface area contributed by atoms with Gasteiger partial charge in [0.25, 0.3) is 23.6 Å². The summed E-state index contributed by atoms with van der Waals surface area (Å²) in [6.45, 7) is 5.35. The van der Waals surface area contributed by atoms with E-state index in [2.05, 4.69) is 0 Å². The van der Waals surface area contributed by atoms with Crippen molar-refractivity contribution in [3.8, 4) is 0 Å². The Morgan fingerprint density at radius 2 is 0.886 bits per heavy atom. The Bertz CT molecular complexity index is 759. The Kier molecular flexibility index (Phi) is 8.48. The molecule has 192 valence electrons. The number of rotatable bonds is 18. The number of carbonyl (C=O) groups excluding carboxylic acids is 4. The van der Waals surface area contributed by atoms with Crippen molar-refractivity contribution in [3.05, 3.63) is 24.3 Å². The van der Waals surface area contributed by atoms with E-state index in [-0.39, 0.29) is 23.6 Å². The topological polar surface area (TPSA) is 112 Å². The largest absolute Gasteiger partial charge is 0.379 e. The number of imide groups is 2. The second-order valence-electron chi connectivity index (χ2n) is 9.89. The summed E-state index contributed by atoms with van der Waals surface area (Å²) in [5.74, 6) is -1.02. The summed E-state index contributed by atoms with van der Waals surface area (Å²) in [5.41, 5.74) is 0.616. The van der Waals surface area contributed by atoms with Gasteiger partial charge in [-0.25, -0.2) is 0 Å². The molecular weight excluding hydrogens is 456 g/mol.